The van der Waals surface area contributed by atoms with Crippen molar-refractivity contribution >= 4 is 0 Å². The molecule has 0 aromatic carbocycles. The molecule has 22 heavy (non-hydrogen) atoms. The van der Waals surface area contributed by atoms with Crippen LogP contribution >= 0.6 is 0 Å². The van der Waals surface area contributed by atoms with Gasteiger partial charge in [-0.15, -0.1) is 0 Å². The van der Waals surface area contributed by atoms with E-state index in [2.05, 4.69) is 0 Å². The molecule has 4 atom stereocenters. The maximum absolute atomic E-state index is 2.02. The monoisotopic (exact) mass is 636 g/mol. The summed E-state index contributed by atoms with van der Waals surface area (Å²) in [5.74, 6) is 8.50. The molecule has 4 unspecified atom stereocenters. The smallest absolute Gasteiger partial charge is 0 e. The Morgan fingerprint density at radius 2 is 0.864 bits per heavy atom. The van der Waals surface area contributed by atoms with Gasteiger partial charge in [-0.1, -0.05) is 47.3 Å². The standard InChI is InChI=1S/C20H28.2W/c1-13-2-15-3-14(1)8-19(7-13,9-15)20-10-16-4-17(11-20)6-18(5-16)12-20;;/h13-14,16-17H,1-12H2;;/q-2;;. The van der Waals surface area contributed by atoms with Crippen LogP contribution in [0.25, 0.3) is 0 Å². The van der Waals surface area contributed by atoms with E-state index >= 15 is 0 Å². The second-order valence-corrected chi connectivity index (χ2v) is 9.98. The van der Waals surface area contributed by atoms with Gasteiger partial charge < -0.3 is 11.8 Å². The van der Waals surface area contributed by atoms with Crippen LogP contribution in [0.4, 0.5) is 0 Å². The molecule has 0 radical (unpaired) electrons. The summed E-state index contributed by atoms with van der Waals surface area (Å²) in [4.78, 5) is 0. The minimum Gasteiger partial charge on any atom is -0.313 e. The van der Waals surface area contributed by atoms with Gasteiger partial charge in [0, 0.05) is 42.1 Å². The van der Waals surface area contributed by atoms with Crippen molar-refractivity contribution in [2.24, 2.45) is 34.5 Å². The first-order valence-corrected chi connectivity index (χ1v) is 9.39. The Bertz CT molecular complexity index is 342. The van der Waals surface area contributed by atoms with Crippen molar-refractivity contribution in [1.82, 2.24) is 0 Å². The summed E-state index contributed by atoms with van der Waals surface area (Å²) < 4.78 is 0. The van der Waals surface area contributed by atoms with Crippen LogP contribution in [0.1, 0.15) is 77.0 Å². The van der Waals surface area contributed by atoms with Gasteiger partial charge in [0.25, 0.3) is 0 Å². The maximum atomic E-state index is 2.02. The van der Waals surface area contributed by atoms with Crippen LogP contribution in [0.3, 0.4) is 0 Å². The number of hydrogen-bond donors (Lipinski definition) is 0. The first-order chi connectivity index (χ1) is 9.72. The van der Waals surface area contributed by atoms with Gasteiger partial charge >= 0.3 is 0 Å². The Morgan fingerprint density at radius 3 is 1.14 bits per heavy atom. The van der Waals surface area contributed by atoms with E-state index in [1.165, 1.54) is 25.7 Å². The van der Waals surface area contributed by atoms with Crippen LogP contribution in [0, 0.1) is 46.3 Å². The van der Waals surface area contributed by atoms with Crippen molar-refractivity contribution in [3.8, 4) is 0 Å². The SMILES string of the molecule is C1[C-]2CC3CC1CC(C14C[C-]5CC(CC(C5)C1)C4)(C2)C3.[W].[W]. The summed E-state index contributed by atoms with van der Waals surface area (Å²) in [7, 11) is 0. The summed E-state index contributed by atoms with van der Waals surface area (Å²) in [6, 6.07) is 0. The molecule has 0 aromatic heterocycles. The zero-order valence-corrected chi connectivity index (χ0v) is 19.5. The molecule has 122 valence electrons. The molecule has 0 aliphatic heterocycles. The largest absolute Gasteiger partial charge is 0.313 e. The van der Waals surface area contributed by atoms with E-state index in [-0.39, 0.29) is 42.1 Å². The molecule has 0 spiro atoms. The van der Waals surface area contributed by atoms with Crippen molar-refractivity contribution in [3.63, 3.8) is 0 Å². The van der Waals surface area contributed by atoms with E-state index in [0.29, 0.717) is 0 Å². The fourth-order valence-electron chi connectivity index (χ4n) is 8.85. The molecule has 8 bridgehead atoms. The molecule has 8 aliphatic carbocycles. The van der Waals surface area contributed by atoms with E-state index < -0.39 is 0 Å². The van der Waals surface area contributed by atoms with E-state index in [1.54, 1.807) is 51.4 Å². The second kappa shape index (κ2) is 5.43. The normalized spacial score (nSPS) is 55.1. The Kier molecular flexibility index (Phi) is 4.16. The maximum Gasteiger partial charge on any atom is 0 e. The molecule has 0 amide bonds. The molecule has 2 heteroatoms. The van der Waals surface area contributed by atoms with E-state index in [9.17, 15) is 0 Å². The molecule has 0 aromatic rings. The molecule has 0 saturated heterocycles. The molecular weight excluding hydrogens is 608 g/mol. The Morgan fingerprint density at radius 1 is 0.545 bits per heavy atom. The van der Waals surface area contributed by atoms with Crippen molar-refractivity contribution in [3.05, 3.63) is 11.8 Å². The fraction of sp³-hybridized carbons (Fsp3) is 0.900. The molecule has 8 saturated carbocycles. The van der Waals surface area contributed by atoms with Crippen molar-refractivity contribution < 1.29 is 42.1 Å². The Balaban J connectivity index is 0.000000625. The van der Waals surface area contributed by atoms with Gasteiger partial charge in [0.05, 0.1) is 0 Å². The van der Waals surface area contributed by atoms with Crippen LogP contribution in [0.15, 0.2) is 0 Å². The summed E-state index contributed by atoms with van der Waals surface area (Å²) in [5, 5.41) is 0. The Labute approximate surface area is 164 Å². The average Bonchev–Trinajstić information content (AvgIpc) is 2.35. The molecule has 8 rings (SSSR count). The quantitative estimate of drug-likeness (QED) is 0.342. The summed E-state index contributed by atoms with van der Waals surface area (Å²) in [6.07, 6.45) is 19.1. The van der Waals surface area contributed by atoms with Crippen molar-refractivity contribution in [2.75, 3.05) is 0 Å². The van der Waals surface area contributed by atoms with E-state index in [0.717, 1.165) is 34.5 Å². The van der Waals surface area contributed by atoms with Crippen molar-refractivity contribution in [1.29, 1.82) is 0 Å². The van der Waals surface area contributed by atoms with Crippen molar-refractivity contribution in [2.45, 2.75) is 77.0 Å². The first-order valence-electron chi connectivity index (χ1n) is 9.39. The Hall–Kier alpha value is 1.38. The average molecular weight is 636 g/mol. The van der Waals surface area contributed by atoms with Crippen LogP contribution in [0.5, 0.6) is 0 Å². The van der Waals surface area contributed by atoms with E-state index in [4.69, 9.17) is 0 Å². The van der Waals surface area contributed by atoms with Gasteiger partial charge in [-0.25, -0.2) is 0 Å². The van der Waals surface area contributed by atoms with Gasteiger partial charge in [-0.2, -0.15) is 38.5 Å². The minimum absolute atomic E-state index is 0. The van der Waals surface area contributed by atoms with Crippen LogP contribution in [0.2, 0.25) is 0 Å². The van der Waals surface area contributed by atoms with Crippen LogP contribution < -0.4 is 0 Å². The zero-order chi connectivity index (χ0) is 12.9. The minimum atomic E-state index is 0. The molecule has 0 N–H and O–H groups in total. The molecule has 0 heterocycles. The molecule has 8 aliphatic rings. The van der Waals surface area contributed by atoms with Gasteiger partial charge in [-0.3, -0.25) is 0 Å². The zero-order valence-electron chi connectivity index (χ0n) is 13.6. The topological polar surface area (TPSA) is 0 Å². The predicted molar refractivity (Wildman–Crippen MR) is 80.7 cm³/mol. The van der Waals surface area contributed by atoms with E-state index in [1.807, 2.05) is 11.8 Å². The van der Waals surface area contributed by atoms with Gasteiger partial charge in [0.1, 0.15) is 0 Å². The number of rotatable bonds is 1. The number of hydrogen-bond acceptors (Lipinski definition) is 0. The molecule has 0 nitrogen and oxygen atoms in total. The molecule has 8 fully saturated rings. The van der Waals surface area contributed by atoms with Gasteiger partial charge in [0.15, 0.2) is 0 Å². The first kappa shape index (κ1) is 16.8. The van der Waals surface area contributed by atoms with Crippen LogP contribution in [-0.4, -0.2) is 0 Å². The third kappa shape index (κ3) is 2.14. The summed E-state index contributed by atoms with van der Waals surface area (Å²) in [6.45, 7) is 0. The fourth-order valence-corrected chi connectivity index (χ4v) is 8.85. The third-order valence-electron chi connectivity index (χ3n) is 8.66. The molecular formula is C20H28W2-2. The van der Waals surface area contributed by atoms with Crippen LogP contribution in [-0.2, 0) is 42.1 Å². The summed E-state index contributed by atoms with van der Waals surface area (Å²) in [5.41, 5.74) is 1.60. The third-order valence-corrected chi connectivity index (χ3v) is 8.66. The summed E-state index contributed by atoms with van der Waals surface area (Å²) >= 11 is 0. The second-order valence-electron chi connectivity index (χ2n) is 9.98. The van der Waals surface area contributed by atoms with Gasteiger partial charge in [-0.05, 0) is 25.7 Å². The van der Waals surface area contributed by atoms with Gasteiger partial charge in [0.2, 0.25) is 0 Å². The predicted octanol–water partition coefficient (Wildman–Crippen LogP) is 5.33.